The predicted molar refractivity (Wildman–Crippen MR) is 90.4 cm³/mol. The molecule has 0 spiro atoms. The van der Waals surface area contributed by atoms with E-state index in [1.54, 1.807) is 23.9 Å². The maximum atomic E-state index is 12.4. The molecular formula is C16H13ClN2O3S. The molecule has 0 saturated carbocycles. The molecule has 0 radical (unpaired) electrons. The van der Waals surface area contributed by atoms with Crippen LogP contribution in [0.1, 0.15) is 30.7 Å². The van der Waals surface area contributed by atoms with E-state index >= 15 is 0 Å². The number of nitro benzene ring substituents is 1. The highest BCUT2D eigenvalue weighted by Crippen LogP contribution is 2.48. The van der Waals surface area contributed by atoms with Gasteiger partial charge in [-0.2, -0.15) is 11.8 Å². The lowest BCUT2D eigenvalue weighted by atomic mass is 9.82. The summed E-state index contributed by atoms with van der Waals surface area (Å²) in [7, 11) is 0. The molecule has 118 valence electrons. The number of Topliss-reactive ketones (excluding diaryl/α,β-unsaturated/α-hetero) is 1. The molecule has 0 bridgehead atoms. The van der Waals surface area contributed by atoms with Crippen LogP contribution in [-0.2, 0) is 4.79 Å². The van der Waals surface area contributed by atoms with E-state index in [9.17, 15) is 14.9 Å². The van der Waals surface area contributed by atoms with Crippen LogP contribution in [0, 0.1) is 10.1 Å². The normalized spacial score (nSPS) is 26.1. The van der Waals surface area contributed by atoms with Crippen molar-refractivity contribution in [3.05, 3.63) is 50.2 Å². The molecule has 4 rings (SSSR count). The van der Waals surface area contributed by atoms with Gasteiger partial charge < -0.3 is 0 Å². The smallest absolute Gasteiger partial charge is 0.288 e. The van der Waals surface area contributed by atoms with E-state index in [1.165, 1.54) is 6.07 Å². The fourth-order valence-electron chi connectivity index (χ4n) is 3.60. The number of halogens is 1. The average molecular weight is 349 g/mol. The largest absolute Gasteiger partial charge is 0.294 e. The third-order valence-corrected chi connectivity index (χ3v) is 6.27. The van der Waals surface area contributed by atoms with Crippen LogP contribution in [0.25, 0.3) is 0 Å². The number of hydrogen-bond acceptors (Lipinski definition) is 5. The molecule has 1 saturated heterocycles. The van der Waals surface area contributed by atoms with Gasteiger partial charge in [0, 0.05) is 35.4 Å². The van der Waals surface area contributed by atoms with Crippen molar-refractivity contribution < 1.29 is 9.72 Å². The molecule has 3 aliphatic rings. The van der Waals surface area contributed by atoms with Gasteiger partial charge in [-0.05, 0) is 30.2 Å². The Hall–Kier alpha value is -1.66. The van der Waals surface area contributed by atoms with Crippen molar-refractivity contribution in [3.63, 3.8) is 0 Å². The van der Waals surface area contributed by atoms with Gasteiger partial charge in [-0.3, -0.25) is 19.9 Å². The molecule has 5 nitrogen and oxygen atoms in total. The number of rotatable bonds is 2. The van der Waals surface area contributed by atoms with Crippen molar-refractivity contribution in [1.29, 1.82) is 0 Å². The minimum atomic E-state index is -0.475. The lowest BCUT2D eigenvalue weighted by Crippen LogP contribution is -2.28. The monoisotopic (exact) mass is 348 g/mol. The summed E-state index contributed by atoms with van der Waals surface area (Å²) in [6.07, 6.45) is 2.10. The van der Waals surface area contributed by atoms with Crippen LogP contribution >= 0.6 is 23.4 Å². The van der Waals surface area contributed by atoms with E-state index in [1.807, 2.05) is 0 Å². The van der Waals surface area contributed by atoms with Crippen molar-refractivity contribution in [2.75, 3.05) is 5.75 Å². The Morgan fingerprint density at radius 3 is 2.91 bits per heavy atom. The van der Waals surface area contributed by atoms with Gasteiger partial charge in [0.15, 0.2) is 5.78 Å². The first-order valence-corrected chi connectivity index (χ1v) is 8.88. The topological polar surface area (TPSA) is 72.6 Å². The molecule has 1 aliphatic carbocycles. The van der Waals surface area contributed by atoms with Crippen LogP contribution in [0.3, 0.4) is 0 Å². The van der Waals surface area contributed by atoms with E-state index in [0.29, 0.717) is 12.8 Å². The maximum absolute atomic E-state index is 12.4. The Balaban J connectivity index is 1.86. The summed E-state index contributed by atoms with van der Waals surface area (Å²) in [5.41, 5.74) is 3.43. The zero-order valence-corrected chi connectivity index (χ0v) is 13.7. The van der Waals surface area contributed by atoms with Gasteiger partial charge in [-0.25, -0.2) is 0 Å². The van der Waals surface area contributed by atoms with Crippen molar-refractivity contribution in [1.82, 2.24) is 0 Å². The Morgan fingerprint density at radius 2 is 2.13 bits per heavy atom. The predicted octanol–water partition coefficient (Wildman–Crippen LogP) is 3.91. The molecule has 2 heterocycles. The maximum Gasteiger partial charge on any atom is 0.288 e. The van der Waals surface area contributed by atoms with Gasteiger partial charge in [-0.15, -0.1) is 0 Å². The first kappa shape index (κ1) is 14.9. The summed E-state index contributed by atoms with van der Waals surface area (Å²) in [5.74, 6) is 0.957. The quantitative estimate of drug-likeness (QED) is 0.600. The molecular weight excluding hydrogens is 336 g/mol. The SMILES string of the molecule is O=C1CCC2=C1C(c1ccc(Cl)c([N+](=O)[O-])c1)C1SCCC1=N2. The van der Waals surface area contributed by atoms with Crippen molar-refractivity contribution in [2.45, 2.75) is 30.4 Å². The Morgan fingerprint density at radius 1 is 1.30 bits per heavy atom. The van der Waals surface area contributed by atoms with Crippen molar-refractivity contribution >= 4 is 40.5 Å². The molecule has 23 heavy (non-hydrogen) atoms. The number of fused-ring (bicyclic) bond motifs is 1. The van der Waals surface area contributed by atoms with Crippen LogP contribution in [0.4, 0.5) is 5.69 Å². The summed E-state index contributed by atoms with van der Waals surface area (Å²) in [4.78, 5) is 27.8. The molecule has 2 unspecified atom stereocenters. The second-order valence-corrected chi connectivity index (χ2v) is 7.53. The number of nitro groups is 1. The van der Waals surface area contributed by atoms with Crippen molar-refractivity contribution in [2.24, 2.45) is 4.99 Å². The zero-order valence-electron chi connectivity index (χ0n) is 12.1. The summed E-state index contributed by atoms with van der Waals surface area (Å²) in [6, 6.07) is 4.88. The van der Waals surface area contributed by atoms with Crippen LogP contribution in [0.2, 0.25) is 5.02 Å². The van der Waals surface area contributed by atoms with Crippen LogP contribution in [0.15, 0.2) is 34.5 Å². The van der Waals surface area contributed by atoms with Gasteiger partial charge >= 0.3 is 0 Å². The minimum Gasteiger partial charge on any atom is -0.294 e. The number of benzene rings is 1. The fraction of sp³-hybridized carbons (Fsp3) is 0.375. The van der Waals surface area contributed by atoms with E-state index in [2.05, 4.69) is 0 Å². The van der Waals surface area contributed by atoms with Gasteiger partial charge in [-0.1, -0.05) is 17.7 Å². The van der Waals surface area contributed by atoms with E-state index in [-0.39, 0.29) is 27.7 Å². The standard InChI is InChI=1S/C16H13ClN2O3S/c17-9-2-1-8(7-12(9)19(21)22)14-15-10(3-4-13(15)20)18-11-5-6-23-16(11)14/h1-2,7,14,16H,3-6H2. The lowest BCUT2D eigenvalue weighted by Gasteiger charge is -2.28. The number of thioether (sulfide) groups is 1. The molecule has 7 heteroatoms. The highest BCUT2D eigenvalue weighted by molar-refractivity contribution is 8.01. The lowest BCUT2D eigenvalue weighted by molar-refractivity contribution is -0.384. The molecule has 2 atom stereocenters. The Labute approximate surface area is 142 Å². The number of aliphatic imine (C=N–C) groups is 1. The molecule has 0 N–H and O–H groups in total. The molecule has 1 aromatic rings. The highest BCUT2D eigenvalue weighted by atomic mass is 35.5. The van der Waals surface area contributed by atoms with Crippen LogP contribution in [-0.4, -0.2) is 27.4 Å². The van der Waals surface area contributed by atoms with Crippen LogP contribution < -0.4 is 0 Å². The molecule has 0 aromatic heterocycles. The second-order valence-electron chi connectivity index (χ2n) is 5.87. The summed E-state index contributed by atoms with van der Waals surface area (Å²) in [6.45, 7) is 0. The number of ketones is 1. The molecule has 2 aliphatic heterocycles. The number of hydrogen-bond donors (Lipinski definition) is 0. The number of nitrogens with zero attached hydrogens (tertiary/aromatic N) is 2. The zero-order chi connectivity index (χ0) is 16.1. The van der Waals surface area contributed by atoms with E-state index in [4.69, 9.17) is 16.6 Å². The highest BCUT2D eigenvalue weighted by Gasteiger charge is 2.43. The Bertz CT molecular complexity index is 803. The third kappa shape index (κ3) is 2.32. The summed E-state index contributed by atoms with van der Waals surface area (Å²) < 4.78 is 0. The minimum absolute atomic E-state index is 0.108. The summed E-state index contributed by atoms with van der Waals surface area (Å²) >= 11 is 7.71. The van der Waals surface area contributed by atoms with Gasteiger partial charge in [0.25, 0.3) is 5.69 Å². The van der Waals surface area contributed by atoms with Gasteiger partial charge in [0.2, 0.25) is 0 Å². The summed E-state index contributed by atoms with van der Waals surface area (Å²) in [5, 5.41) is 11.4. The first-order valence-electron chi connectivity index (χ1n) is 7.45. The third-order valence-electron chi connectivity index (χ3n) is 4.60. The molecule has 0 amide bonds. The van der Waals surface area contributed by atoms with E-state index < -0.39 is 4.92 Å². The van der Waals surface area contributed by atoms with Gasteiger partial charge in [0.05, 0.1) is 10.2 Å². The average Bonchev–Trinajstić information content (AvgIpc) is 3.13. The van der Waals surface area contributed by atoms with Crippen LogP contribution in [0.5, 0.6) is 0 Å². The Kier molecular flexibility index (Phi) is 3.54. The van der Waals surface area contributed by atoms with Gasteiger partial charge in [0.1, 0.15) is 5.02 Å². The fourth-order valence-corrected chi connectivity index (χ4v) is 5.21. The molecule has 1 fully saturated rings. The number of allylic oxidation sites excluding steroid dienone is 2. The number of carbonyl (C=O) groups excluding carboxylic acids is 1. The molecule has 1 aromatic carbocycles. The first-order chi connectivity index (χ1) is 11.1. The second kappa shape index (κ2) is 5.46. The number of carbonyl (C=O) groups is 1. The van der Waals surface area contributed by atoms with Crippen molar-refractivity contribution in [3.8, 4) is 0 Å². The van der Waals surface area contributed by atoms with E-state index in [0.717, 1.165) is 34.7 Å².